The number of aromatic nitrogens is 1. The van der Waals surface area contributed by atoms with E-state index in [1.54, 1.807) is 0 Å². The fraction of sp³-hybridized carbons (Fsp3) is 0.273. The van der Waals surface area contributed by atoms with Crippen molar-refractivity contribution in [2.75, 3.05) is 0 Å². The van der Waals surface area contributed by atoms with Crippen LogP contribution in [0.4, 0.5) is 0 Å². The smallest absolute Gasteiger partial charge is 0.274 e. The molecule has 1 fully saturated rings. The van der Waals surface area contributed by atoms with Crippen LogP contribution >= 0.6 is 0 Å². The molecule has 1 saturated carbocycles. The summed E-state index contributed by atoms with van der Waals surface area (Å²) in [5.74, 6) is 1.48. The Morgan fingerprint density at radius 1 is 1.00 bits per heavy atom. The molecule has 4 nitrogen and oxygen atoms in total. The minimum Gasteiger partial charge on any atom is -0.440 e. The zero-order valence-electron chi connectivity index (χ0n) is 14.4. The molecule has 0 spiro atoms. The molecule has 2 aliphatic carbocycles. The molecule has 4 heteroatoms. The van der Waals surface area contributed by atoms with E-state index < -0.39 is 0 Å². The number of hydrogen-bond donors (Lipinski definition) is 1. The predicted octanol–water partition coefficient (Wildman–Crippen LogP) is 4.64. The van der Waals surface area contributed by atoms with Crippen LogP contribution in [0.1, 0.15) is 58.6 Å². The molecule has 1 N–H and O–H groups in total. The highest BCUT2D eigenvalue weighted by molar-refractivity contribution is 5.94. The molecule has 0 saturated heterocycles. The minimum atomic E-state index is -0.125. The SMILES string of the molecule is O=C(NC1CCc2ccccc21)c1nc(-c2ccccc2)oc1C1CC1. The van der Waals surface area contributed by atoms with Crippen LogP contribution in [0.25, 0.3) is 11.5 Å². The lowest BCUT2D eigenvalue weighted by Crippen LogP contribution is -2.28. The van der Waals surface area contributed by atoms with Gasteiger partial charge in [0.25, 0.3) is 5.91 Å². The third kappa shape index (κ3) is 2.71. The fourth-order valence-corrected chi connectivity index (χ4v) is 3.75. The number of oxazole rings is 1. The number of benzene rings is 2. The summed E-state index contributed by atoms with van der Waals surface area (Å²) in [4.78, 5) is 17.5. The molecular formula is C22H20N2O2. The van der Waals surface area contributed by atoms with Gasteiger partial charge in [-0.15, -0.1) is 0 Å². The topological polar surface area (TPSA) is 55.1 Å². The number of amides is 1. The molecule has 1 atom stereocenters. The second-order valence-corrected chi connectivity index (χ2v) is 7.14. The fourth-order valence-electron chi connectivity index (χ4n) is 3.75. The highest BCUT2D eigenvalue weighted by atomic mass is 16.4. The highest BCUT2D eigenvalue weighted by Crippen LogP contribution is 2.43. The summed E-state index contributed by atoms with van der Waals surface area (Å²) in [5, 5.41) is 3.18. The van der Waals surface area contributed by atoms with Crippen molar-refractivity contribution in [2.45, 2.75) is 37.6 Å². The number of aryl methyl sites for hydroxylation is 1. The molecule has 2 aliphatic rings. The Morgan fingerprint density at radius 2 is 1.77 bits per heavy atom. The Bertz CT molecular complexity index is 957. The monoisotopic (exact) mass is 344 g/mol. The standard InChI is InChI=1S/C22H20N2O2/c25-21(23-18-13-12-14-6-4-5-9-17(14)18)19-20(15-10-11-15)26-22(24-19)16-7-2-1-3-8-16/h1-9,15,18H,10-13H2,(H,23,25). The molecular weight excluding hydrogens is 324 g/mol. The maximum atomic E-state index is 13.0. The highest BCUT2D eigenvalue weighted by Gasteiger charge is 2.35. The third-order valence-corrected chi connectivity index (χ3v) is 5.28. The van der Waals surface area contributed by atoms with E-state index in [9.17, 15) is 4.79 Å². The van der Waals surface area contributed by atoms with Crippen LogP contribution in [0, 0.1) is 0 Å². The lowest BCUT2D eigenvalue weighted by Gasteiger charge is -2.13. The van der Waals surface area contributed by atoms with E-state index in [2.05, 4.69) is 28.5 Å². The van der Waals surface area contributed by atoms with Gasteiger partial charge in [0.05, 0.1) is 6.04 Å². The average Bonchev–Trinajstić information content (AvgIpc) is 3.30. The lowest BCUT2D eigenvalue weighted by atomic mass is 10.1. The average molecular weight is 344 g/mol. The molecule has 0 bridgehead atoms. The van der Waals surface area contributed by atoms with Crippen molar-refractivity contribution >= 4 is 5.91 Å². The Morgan fingerprint density at radius 3 is 2.58 bits per heavy atom. The normalized spacial score (nSPS) is 18.5. The van der Waals surface area contributed by atoms with Crippen LogP contribution in [0.15, 0.2) is 59.0 Å². The van der Waals surface area contributed by atoms with Gasteiger partial charge in [0.15, 0.2) is 5.69 Å². The predicted molar refractivity (Wildman–Crippen MR) is 98.9 cm³/mol. The first-order chi connectivity index (χ1) is 12.8. The number of nitrogens with one attached hydrogen (secondary N) is 1. The van der Waals surface area contributed by atoms with Gasteiger partial charge in [0.2, 0.25) is 5.89 Å². The molecule has 1 amide bonds. The number of carbonyl (C=O) groups is 1. The van der Waals surface area contributed by atoms with Crippen LogP contribution < -0.4 is 5.32 Å². The zero-order valence-corrected chi connectivity index (χ0v) is 14.4. The summed E-state index contributed by atoms with van der Waals surface area (Å²) in [5.41, 5.74) is 3.90. The van der Waals surface area contributed by atoms with E-state index in [1.807, 2.05) is 36.4 Å². The van der Waals surface area contributed by atoms with Gasteiger partial charge < -0.3 is 9.73 Å². The Labute approximate surface area is 152 Å². The van der Waals surface area contributed by atoms with Gasteiger partial charge in [-0.3, -0.25) is 4.79 Å². The summed E-state index contributed by atoms with van der Waals surface area (Å²) in [7, 11) is 0. The molecule has 0 aliphatic heterocycles. The van der Waals surface area contributed by atoms with Crippen LogP contribution in [0.3, 0.4) is 0 Å². The third-order valence-electron chi connectivity index (χ3n) is 5.28. The number of nitrogens with zero attached hydrogens (tertiary/aromatic N) is 1. The van der Waals surface area contributed by atoms with Crippen molar-refractivity contribution in [3.63, 3.8) is 0 Å². The van der Waals surface area contributed by atoms with Crippen molar-refractivity contribution in [3.05, 3.63) is 77.2 Å². The van der Waals surface area contributed by atoms with E-state index in [-0.39, 0.29) is 11.9 Å². The maximum Gasteiger partial charge on any atom is 0.274 e. The van der Waals surface area contributed by atoms with Gasteiger partial charge in [-0.1, -0.05) is 42.5 Å². The summed E-state index contributed by atoms with van der Waals surface area (Å²) >= 11 is 0. The summed E-state index contributed by atoms with van der Waals surface area (Å²) < 4.78 is 6.01. The second-order valence-electron chi connectivity index (χ2n) is 7.14. The number of hydrogen-bond acceptors (Lipinski definition) is 3. The molecule has 26 heavy (non-hydrogen) atoms. The van der Waals surface area contributed by atoms with E-state index in [0.29, 0.717) is 17.5 Å². The van der Waals surface area contributed by atoms with Crippen molar-refractivity contribution < 1.29 is 9.21 Å². The number of rotatable bonds is 4. The van der Waals surface area contributed by atoms with E-state index in [1.165, 1.54) is 11.1 Å². The Balaban J connectivity index is 1.44. The van der Waals surface area contributed by atoms with Crippen molar-refractivity contribution in [1.82, 2.24) is 10.3 Å². The van der Waals surface area contributed by atoms with Crippen molar-refractivity contribution in [2.24, 2.45) is 0 Å². The first kappa shape index (κ1) is 15.4. The van der Waals surface area contributed by atoms with Gasteiger partial charge >= 0.3 is 0 Å². The molecule has 130 valence electrons. The first-order valence-electron chi connectivity index (χ1n) is 9.24. The maximum absolute atomic E-state index is 13.0. The molecule has 2 aromatic carbocycles. The van der Waals surface area contributed by atoms with Crippen molar-refractivity contribution in [1.29, 1.82) is 0 Å². The van der Waals surface area contributed by atoms with Gasteiger partial charge in [-0.25, -0.2) is 4.98 Å². The van der Waals surface area contributed by atoms with E-state index in [4.69, 9.17) is 4.42 Å². The largest absolute Gasteiger partial charge is 0.440 e. The summed E-state index contributed by atoms with van der Waals surface area (Å²) in [6.07, 6.45) is 4.07. The van der Waals surface area contributed by atoms with Crippen LogP contribution in [0.5, 0.6) is 0 Å². The molecule has 1 unspecified atom stereocenters. The van der Waals surface area contributed by atoms with Crippen LogP contribution in [-0.2, 0) is 6.42 Å². The number of carbonyl (C=O) groups excluding carboxylic acids is 1. The summed E-state index contributed by atoms with van der Waals surface area (Å²) in [6, 6.07) is 18.2. The molecule has 3 aromatic rings. The van der Waals surface area contributed by atoms with Crippen molar-refractivity contribution in [3.8, 4) is 11.5 Å². The first-order valence-corrected chi connectivity index (χ1v) is 9.24. The van der Waals surface area contributed by atoms with Gasteiger partial charge in [-0.05, 0) is 48.9 Å². The van der Waals surface area contributed by atoms with Crippen LogP contribution in [0.2, 0.25) is 0 Å². The Kier molecular flexibility index (Phi) is 3.63. The molecule has 0 radical (unpaired) electrons. The molecule has 1 heterocycles. The minimum absolute atomic E-state index is 0.0580. The van der Waals surface area contributed by atoms with Gasteiger partial charge in [0, 0.05) is 11.5 Å². The molecule has 5 rings (SSSR count). The van der Waals surface area contributed by atoms with E-state index in [0.717, 1.165) is 37.0 Å². The Hall–Kier alpha value is -2.88. The second kappa shape index (κ2) is 6.13. The summed E-state index contributed by atoms with van der Waals surface area (Å²) in [6.45, 7) is 0. The molecule has 1 aromatic heterocycles. The van der Waals surface area contributed by atoms with Gasteiger partial charge in [-0.2, -0.15) is 0 Å². The lowest BCUT2D eigenvalue weighted by molar-refractivity contribution is 0.0930. The number of fused-ring (bicyclic) bond motifs is 1. The van der Waals surface area contributed by atoms with Gasteiger partial charge in [0.1, 0.15) is 5.76 Å². The quantitative estimate of drug-likeness (QED) is 0.750. The van der Waals surface area contributed by atoms with Crippen LogP contribution in [-0.4, -0.2) is 10.9 Å². The van der Waals surface area contributed by atoms with E-state index >= 15 is 0 Å². The zero-order chi connectivity index (χ0) is 17.5.